The van der Waals surface area contributed by atoms with Crippen LogP contribution in [0.2, 0.25) is 0 Å². The number of hydrogen-bond donors (Lipinski definition) is 2. The minimum Gasteiger partial charge on any atom is -0.392 e. The molecule has 0 radical (unpaired) electrons. The molecule has 0 saturated carbocycles. The molecule has 0 aromatic heterocycles. The summed E-state index contributed by atoms with van der Waals surface area (Å²) >= 11 is 0. The van der Waals surface area contributed by atoms with E-state index in [-0.39, 0.29) is 30.5 Å². The largest absolute Gasteiger partial charge is 0.392 e. The minimum atomic E-state index is -0.342. The molecule has 0 aromatic rings. The highest BCUT2D eigenvalue weighted by Crippen LogP contribution is 2.14. The topological polar surface area (TPSA) is 52.6 Å². The zero-order chi connectivity index (χ0) is 10.7. The van der Waals surface area contributed by atoms with Gasteiger partial charge in [0.2, 0.25) is 5.91 Å². The number of likely N-dealkylation sites (tertiary alicyclic amines) is 1. The van der Waals surface area contributed by atoms with Gasteiger partial charge in [-0.15, -0.1) is 12.4 Å². The van der Waals surface area contributed by atoms with Crippen molar-refractivity contribution in [3.63, 3.8) is 0 Å². The highest BCUT2D eigenvalue weighted by Gasteiger charge is 2.31. The molecule has 94 valence electrons. The van der Waals surface area contributed by atoms with Crippen molar-refractivity contribution in [2.45, 2.75) is 44.2 Å². The first-order valence-corrected chi connectivity index (χ1v) is 5.97. The van der Waals surface area contributed by atoms with Gasteiger partial charge in [0.1, 0.15) is 0 Å². The molecule has 2 saturated heterocycles. The normalized spacial score (nSPS) is 30.7. The Balaban J connectivity index is 0.00000128. The lowest BCUT2D eigenvalue weighted by Crippen LogP contribution is -2.43. The molecular formula is C11H21ClN2O2. The number of nitrogens with zero attached hydrogens (tertiary/aromatic N) is 1. The number of carbonyl (C=O) groups excluding carboxylic acids is 1. The van der Waals surface area contributed by atoms with Crippen molar-refractivity contribution in [2.24, 2.45) is 0 Å². The van der Waals surface area contributed by atoms with Crippen LogP contribution < -0.4 is 5.32 Å². The maximum Gasteiger partial charge on any atom is 0.239 e. The molecule has 5 heteroatoms. The van der Waals surface area contributed by atoms with Crippen LogP contribution in [0.25, 0.3) is 0 Å². The number of aliphatic hydroxyl groups excluding tert-OH is 1. The Kier molecular flexibility index (Phi) is 5.52. The molecule has 2 N–H and O–H groups in total. The lowest BCUT2D eigenvalue weighted by atomic mass is 10.2. The molecule has 1 amide bonds. The standard InChI is InChI=1S/C11H20N2O2.ClH/c14-9-7-10(12-8-9)11(15)13-5-3-1-2-4-6-13;/h9-10,12,14H,1-8H2;1H/t9-,10-;/m1./s1. The van der Waals surface area contributed by atoms with Crippen molar-refractivity contribution in [3.8, 4) is 0 Å². The van der Waals surface area contributed by atoms with Crippen LogP contribution in [0.1, 0.15) is 32.1 Å². The summed E-state index contributed by atoms with van der Waals surface area (Å²) in [5.41, 5.74) is 0. The highest BCUT2D eigenvalue weighted by molar-refractivity contribution is 5.85. The highest BCUT2D eigenvalue weighted by atomic mass is 35.5. The molecule has 0 unspecified atom stereocenters. The number of carbonyl (C=O) groups is 1. The van der Waals surface area contributed by atoms with E-state index in [0.29, 0.717) is 13.0 Å². The fourth-order valence-corrected chi connectivity index (χ4v) is 2.42. The minimum absolute atomic E-state index is 0. The SMILES string of the molecule is Cl.O=C([C@H]1C[C@@H](O)CN1)N1CCCCCC1. The second-order valence-electron chi connectivity index (χ2n) is 4.59. The maximum absolute atomic E-state index is 12.1. The van der Waals surface area contributed by atoms with Gasteiger partial charge in [-0.2, -0.15) is 0 Å². The lowest BCUT2D eigenvalue weighted by Gasteiger charge is -2.23. The van der Waals surface area contributed by atoms with Crippen LogP contribution in [0.15, 0.2) is 0 Å². The lowest BCUT2D eigenvalue weighted by molar-refractivity contribution is -0.133. The van der Waals surface area contributed by atoms with E-state index in [9.17, 15) is 9.90 Å². The Morgan fingerprint density at radius 3 is 2.31 bits per heavy atom. The first kappa shape index (κ1) is 13.7. The van der Waals surface area contributed by atoms with E-state index < -0.39 is 0 Å². The molecule has 4 nitrogen and oxygen atoms in total. The van der Waals surface area contributed by atoms with Crippen molar-refractivity contribution in [2.75, 3.05) is 19.6 Å². The Labute approximate surface area is 103 Å². The van der Waals surface area contributed by atoms with E-state index in [0.717, 1.165) is 25.9 Å². The van der Waals surface area contributed by atoms with Gasteiger partial charge in [0.25, 0.3) is 0 Å². The number of aliphatic hydroxyl groups is 1. The second kappa shape index (κ2) is 6.42. The third kappa shape index (κ3) is 3.34. The van der Waals surface area contributed by atoms with Crippen LogP contribution in [0.4, 0.5) is 0 Å². The van der Waals surface area contributed by atoms with Crippen LogP contribution in [0.5, 0.6) is 0 Å². The first-order chi connectivity index (χ1) is 7.27. The molecule has 0 aliphatic carbocycles. The smallest absolute Gasteiger partial charge is 0.239 e. The van der Waals surface area contributed by atoms with Crippen molar-refractivity contribution >= 4 is 18.3 Å². The molecule has 2 aliphatic rings. The van der Waals surface area contributed by atoms with Crippen LogP contribution in [0, 0.1) is 0 Å². The summed E-state index contributed by atoms with van der Waals surface area (Å²) in [7, 11) is 0. The summed E-state index contributed by atoms with van der Waals surface area (Å²) < 4.78 is 0. The zero-order valence-electron chi connectivity index (χ0n) is 9.52. The van der Waals surface area contributed by atoms with Gasteiger partial charge in [-0.05, 0) is 19.3 Å². The number of halogens is 1. The van der Waals surface area contributed by atoms with Crippen molar-refractivity contribution in [3.05, 3.63) is 0 Å². The monoisotopic (exact) mass is 248 g/mol. The van der Waals surface area contributed by atoms with E-state index in [1.165, 1.54) is 12.8 Å². The second-order valence-corrected chi connectivity index (χ2v) is 4.59. The van der Waals surface area contributed by atoms with Gasteiger partial charge in [0, 0.05) is 19.6 Å². The number of hydrogen-bond acceptors (Lipinski definition) is 3. The quantitative estimate of drug-likeness (QED) is 0.712. The van der Waals surface area contributed by atoms with E-state index in [1.807, 2.05) is 4.90 Å². The Morgan fingerprint density at radius 2 is 1.81 bits per heavy atom. The molecule has 2 heterocycles. The van der Waals surface area contributed by atoms with Crippen LogP contribution in [-0.2, 0) is 4.79 Å². The van der Waals surface area contributed by atoms with Crippen molar-refractivity contribution < 1.29 is 9.90 Å². The van der Waals surface area contributed by atoms with Gasteiger partial charge >= 0.3 is 0 Å². The van der Waals surface area contributed by atoms with Crippen molar-refractivity contribution in [1.29, 1.82) is 0 Å². The summed E-state index contributed by atoms with van der Waals surface area (Å²) in [4.78, 5) is 14.0. The van der Waals surface area contributed by atoms with Gasteiger partial charge in [-0.3, -0.25) is 4.79 Å². The third-order valence-corrected chi connectivity index (χ3v) is 3.32. The molecule has 0 bridgehead atoms. The average Bonchev–Trinajstić information content (AvgIpc) is 2.53. The van der Waals surface area contributed by atoms with Crippen molar-refractivity contribution in [1.82, 2.24) is 10.2 Å². The molecule has 2 atom stereocenters. The maximum atomic E-state index is 12.1. The fraction of sp³-hybridized carbons (Fsp3) is 0.909. The van der Waals surface area contributed by atoms with E-state index in [4.69, 9.17) is 0 Å². The summed E-state index contributed by atoms with van der Waals surface area (Å²) in [6.45, 7) is 2.35. The molecule has 2 aliphatic heterocycles. The Hall–Kier alpha value is -0.320. The summed E-state index contributed by atoms with van der Waals surface area (Å²) in [6.07, 6.45) is 4.97. The van der Waals surface area contributed by atoms with Crippen LogP contribution in [-0.4, -0.2) is 47.7 Å². The molecule has 2 rings (SSSR count). The number of nitrogens with one attached hydrogen (secondary N) is 1. The summed E-state index contributed by atoms with van der Waals surface area (Å²) in [5.74, 6) is 0.188. The van der Waals surface area contributed by atoms with E-state index in [2.05, 4.69) is 5.32 Å². The Bertz CT molecular complexity index is 230. The van der Waals surface area contributed by atoms with Gasteiger partial charge in [-0.1, -0.05) is 12.8 Å². The zero-order valence-corrected chi connectivity index (χ0v) is 10.3. The average molecular weight is 249 g/mol. The van der Waals surface area contributed by atoms with Gasteiger partial charge < -0.3 is 15.3 Å². The number of amides is 1. The molecule has 0 aromatic carbocycles. The molecule has 0 spiro atoms. The summed E-state index contributed by atoms with van der Waals surface area (Å²) in [5, 5.41) is 12.5. The molecule has 16 heavy (non-hydrogen) atoms. The van der Waals surface area contributed by atoms with Gasteiger partial charge in [0.15, 0.2) is 0 Å². The van der Waals surface area contributed by atoms with Crippen LogP contribution >= 0.6 is 12.4 Å². The fourth-order valence-electron chi connectivity index (χ4n) is 2.42. The predicted octanol–water partition coefficient (Wildman–Crippen LogP) is 0.534. The van der Waals surface area contributed by atoms with Crippen LogP contribution in [0.3, 0.4) is 0 Å². The van der Waals surface area contributed by atoms with E-state index >= 15 is 0 Å². The predicted molar refractivity (Wildman–Crippen MR) is 64.7 cm³/mol. The molecular weight excluding hydrogens is 228 g/mol. The van der Waals surface area contributed by atoms with Gasteiger partial charge in [-0.25, -0.2) is 0 Å². The third-order valence-electron chi connectivity index (χ3n) is 3.32. The van der Waals surface area contributed by atoms with E-state index in [1.54, 1.807) is 0 Å². The Morgan fingerprint density at radius 1 is 1.19 bits per heavy atom. The summed E-state index contributed by atoms with van der Waals surface area (Å²) in [6, 6.07) is -0.141. The number of rotatable bonds is 1. The number of β-amino-alcohol motifs (C(OH)–C–C–N with tert-alkyl or cyclic N) is 1. The first-order valence-electron chi connectivity index (χ1n) is 5.97. The molecule has 2 fully saturated rings. The van der Waals surface area contributed by atoms with Gasteiger partial charge in [0.05, 0.1) is 12.1 Å².